The number of imide groups is 1. The van der Waals surface area contributed by atoms with Gasteiger partial charge in [0.25, 0.3) is 5.91 Å². The lowest BCUT2D eigenvalue weighted by Crippen LogP contribution is -2.48. The number of nitrogens with one attached hydrogen (secondary N) is 1. The van der Waals surface area contributed by atoms with Gasteiger partial charge in [-0.3, -0.25) is 29.0 Å². The van der Waals surface area contributed by atoms with E-state index in [1.807, 2.05) is 12.1 Å². The van der Waals surface area contributed by atoms with Gasteiger partial charge in [-0.2, -0.15) is 13.2 Å². The minimum absolute atomic E-state index is 0.0206. The summed E-state index contributed by atoms with van der Waals surface area (Å²) < 4.78 is 43.6. The van der Waals surface area contributed by atoms with Crippen LogP contribution in [0.3, 0.4) is 0 Å². The zero-order valence-corrected chi connectivity index (χ0v) is 21.3. The lowest BCUT2D eigenvalue weighted by atomic mass is 9.95. The number of benzene rings is 2. The van der Waals surface area contributed by atoms with Gasteiger partial charge in [0.05, 0.1) is 40.0 Å². The number of hydrogen-bond acceptors (Lipinski definition) is 5. The molecule has 1 saturated heterocycles. The average molecular weight is 550 g/mol. The molecular weight excluding hydrogens is 529 g/mol. The van der Waals surface area contributed by atoms with Crippen LogP contribution in [0.15, 0.2) is 41.2 Å². The molecule has 4 aromatic rings. The maximum atomic E-state index is 13.7. The lowest BCUT2D eigenvalue weighted by Gasteiger charge is -2.27. The number of carbonyl (C=O) groups excluding carboxylic acids is 3. The van der Waals surface area contributed by atoms with Crippen molar-refractivity contribution in [3.63, 3.8) is 0 Å². The lowest BCUT2D eigenvalue weighted by molar-refractivity contribution is -0.137. The summed E-state index contributed by atoms with van der Waals surface area (Å²) in [5.74, 6) is -0.838. The number of alkyl halides is 3. The Morgan fingerprint density at radius 3 is 2.40 bits per heavy atom. The van der Waals surface area contributed by atoms with Crippen LogP contribution in [0, 0.1) is 0 Å². The average Bonchev–Trinajstić information content (AvgIpc) is 3.47. The van der Waals surface area contributed by atoms with Crippen molar-refractivity contribution >= 4 is 45.5 Å². The summed E-state index contributed by atoms with van der Waals surface area (Å²) in [4.78, 5) is 57.8. The number of hydrogen-bond donors (Lipinski definition) is 1. The van der Waals surface area contributed by atoms with Crippen molar-refractivity contribution in [2.24, 2.45) is 0 Å². The number of halogens is 3. The van der Waals surface area contributed by atoms with E-state index >= 15 is 0 Å². The second kappa shape index (κ2) is 7.71. The molecule has 40 heavy (non-hydrogen) atoms. The predicted octanol–water partition coefficient (Wildman–Crippen LogP) is 2.41. The third-order valence-electron chi connectivity index (χ3n) is 8.39. The summed E-state index contributed by atoms with van der Waals surface area (Å²) in [6.07, 6.45) is -3.97. The molecule has 3 aliphatic rings. The van der Waals surface area contributed by atoms with E-state index in [-0.39, 0.29) is 35.7 Å². The molecule has 4 amide bonds. The molecule has 1 spiro atoms. The summed E-state index contributed by atoms with van der Waals surface area (Å²) in [5, 5.41) is 3.16. The van der Waals surface area contributed by atoms with Crippen molar-refractivity contribution < 1.29 is 27.6 Å². The van der Waals surface area contributed by atoms with E-state index in [2.05, 4.69) is 10.3 Å². The summed E-state index contributed by atoms with van der Waals surface area (Å²) in [7, 11) is 2.98. The van der Waals surface area contributed by atoms with Gasteiger partial charge in [0.15, 0.2) is 0 Å². The van der Waals surface area contributed by atoms with Crippen molar-refractivity contribution in [2.45, 2.75) is 37.6 Å². The first kappa shape index (κ1) is 24.4. The van der Waals surface area contributed by atoms with Crippen molar-refractivity contribution in [1.82, 2.24) is 24.3 Å². The van der Waals surface area contributed by atoms with E-state index in [0.717, 1.165) is 33.5 Å². The smallest absolute Gasteiger partial charge is 0.312 e. The van der Waals surface area contributed by atoms with Crippen LogP contribution >= 0.6 is 0 Å². The molecule has 7 rings (SSSR count). The van der Waals surface area contributed by atoms with Gasteiger partial charge in [0, 0.05) is 32.3 Å². The number of pyridine rings is 1. The zero-order chi connectivity index (χ0) is 28.3. The molecule has 204 valence electrons. The maximum Gasteiger partial charge on any atom is 0.416 e. The summed E-state index contributed by atoms with van der Waals surface area (Å²) >= 11 is 0. The molecule has 2 aliphatic heterocycles. The Morgan fingerprint density at radius 1 is 1.00 bits per heavy atom. The molecule has 1 atom stereocenters. The van der Waals surface area contributed by atoms with Crippen molar-refractivity contribution in [3.05, 3.63) is 69.3 Å². The Balaban J connectivity index is 1.32. The molecule has 1 unspecified atom stereocenters. The van der Waals surface area contributed by atoms with Crippen LogP contribution in [0.25, 0.3) is 21.9 Å². The van der Waals surface area contributed by atoms with Crippen LogP contribution in [0.1, 0.15) is 22.4 Å². The quantitative estimate of drug-likeness (QED) is 0.386. The second-order valence-electron chi connectivity index (χ2n) is 10.6. The first-order valence-electron chi connectivity index (χ1n) is 12.5. The number of likely N-dealkylation sites (N-methyl/N-ethyl adjacent to an activating group) is 2. The van der Waals surface area contributed by atoms with E-state index in [4.69, 9.17) is 0 Å². The number of imidazole rings is 1. The predicted molar refractivity (Wildman–Crippen MR) is 137 cm³/mol. The van der Waals surface area contributed by atoms with E-state index in [1.54, 1.807) is 19.2 Å². The monoisotopic (exact) mass is 550 g/mol. The largest absolute Gasteiger partial charge is 0.416 e. The third kappa shape index (κ3) is 3.20. The van der Waals surface area contributed by atoms with Gasteiger partial charge < -0.3 is 9.80 Å². The Hall–Kier alpha value is -4.68. The van der Waals surface area contributed by atoms with E-state index in [0.29, 0.717) is 24.1 Å². The molecule has 4 heterocycles. The minimum atomic E-state index is -4.68. The number of carbonyl (C=O) groups is 3. The van der Waals surface area contributed by atoms with Gasteiger partial charge in [0.2, 0.25) is 5.91 Å². The molecule has 1 N–H and O–H groups in total. The Morgan fingerprint density at radius 2 is 1.73 bits per heavy atom. The molecular formula is C27H21F3N6O4. The highest BCUT2D eigenvalue weighted by atomic mass is 19.4. The molecule has 1 fully saturated rings. The minimum Gasteiger partial charge on any atom is -0.312 e. The third-order valence-corrected chi connectivity index (χ3v) is 8.39. The highest BCUT2D eigenvalue weighted by Crippen LogP contribution is 2.40. The fourth-order valence-electron chi connectivity index (χ4n) is 6.14. The Kier molecular flexibility index (Phi) is 4.69. The molecule has 0 saturated carbocycles. The van der Waals surface area contributed by atoms with Gasteiger partial charge in [-0.1, -0.05) is 6.07 Å². The fourth-order valence-corrected chi connectivity index (χ4v) is 6.14. The second-order valence-corrected chi connectivity index (χ2v) is 10.6. The summed E-state index contributed by atoms with van der Waals surface area (Å²) in [6, 6.07) is 8.64. The molecule has 13 heteroatoms. The highest BCUT2D eigenvalue weighted by molar-refractivity contribution is 6.08. The molecule has 10 nitrogen and oxygen atoms in total. The molecule has 2 aromatic heterocycles. The summed E-state index contributed by atoms with van der Waals surface area (Å²) in [6.45, 7) is -0.391. The summed E-state index contributed by atoms with van der Waals surface area (Å²) in [5.41, 5.74) is 0.620. The first-order chi connectivity index (χ1) is 18.9. The first-order valence-corrected chi connectivity index (χ1v) is 12.5. The number of urea groups is 1. The maximum absolute atomic E-state index is 13.7. The van der Waals surface area contributed by atoms with E-state index < -0.39 is 34.9 Å². The zero-order valence-electron chi connectivity index (χ0n) is 21.3. The number of fused-ring (bicyclic) bond motifs is 2. The molecule has 2 aromatic carbocycles. The Bertz CT molecular complexity index is 1910. The van der Waals surface area contributed by atoms with Crippen LogP contribution in [0.4, 0.5) is 23.7 Å². The SMILES string of the molecule is CN1C(=O)Cn2c(=O)n(Cc3ccc4cc5c(cc4n3)CC3(C5)C(=O)NC(=O)N3C)c3cc(C(F)(F)F)cc1c32. The topological polar surface area (TPSA) is 110 Å². The van der Waals surface area contributed by atoms with Crippen molar-refractivity contribution in [3.8, 4) is 0 Å². The van der Waals surface area contributed by atoms with Gasteiger partial charge in [-0.05, 0) is 41.5 Å². The van der Waals surface area contributed by atoms with Crippen LogP contribution in [-0.4, -0.2) is 56.5 Å². The fraction of sp³-hybridized carbons (Fsp3) is 0.296. The van der Waals surface area contributed by atoms with Crippen LogP contribution in [0.5, 0.6) is 0 Å². The normalized spacial score (nSPS) is 20.4. The van der Waals surface area contributed by atoms with Crippen LogP contribution in [-0.2, 0) is 41.7 Å². The van der Waals surface area contributed by atoms with Crippen molar-refractivity contribution in [2.75, 3.05) is 19.0 Å². The molecule has 0 bridgehead atoms. The van der Waals surface area contributed by atoms with Gasteiger partial charge in [0.1, 0.15) is 12.1 Å². The van der Waals surface area contributed by atoms with Gasteiger partial charge in [-0.25, -0.2) is 9.59 Å². The van der Waals surface area contributed by atoms with Gasteiger partial charge in [-0.15, -0.1) is 0 Å². The van der Waals surface area contributed by atoms with Gasteiger partial charge >= 0.3 is 17.9 Å². The van der Waals surface area contributed by atoms with Crippen LogP contribution < -0.4 is 15.9 Å². The standard InChI is InChI=1S/C27H21F3N6O4/c1-33-19-7-16(27(28,29)30)8-20-22(19)36(12-21(33)37)25(40)35(20)11-17-4-3-13-5-14-9-26(10-15(14)6-18(13)31-17)23(38)32-24(39)34(26)2/h3-8H,9-12H2,1-2H3,(H,32,38,39). The number of anilines is 1. The molecule has 1 aliphatic carbocycles. The number of amides is 4. The van der Waals surface area contributed by atoms with Crippen LogP contribution in [0.2, 0.25) is 0 Å². The van der Waals surface area contributed by atoms with Crippen molar-refractivity contribution in [1.29, 1.82) is 0 Å². The van der Waals surface area contributed by atoms with E-state index in [1.165, 1.54) is 21.1 Å². The highest BCUT2D eigenvalue weighted by Gasteiger charge is 2.54. The number of rotatable bonds is 2. The molecule has 0 radical (unpaired) electrons. The van der Waals surface area contributed by atoms with E-state index in [9.17, 15) is 32.3 Å². The number of nitrogens with zero attached hydrogens (tertiary/aromatic N) is 5. The Labute approximate surface area is 223 Å². The number of aromatic nitrogens is 3.